The Morgan fingerprint density at radius 2 is 1.87 bits per heavy atom. The zero-order valence-corrected chi connectivity index (χ0v) is 15.9. The fourth-order valence-corrected chi connectivity index (χ4v) is 3.38. The Bertz CT molecular complexity index is 1220. The molecule has 8 nitrogen and oxygen atoms in total. The van der Waals surface area contributed by atoms with Crippen LogP contribution in [0.2, 0.25) is 0 Å². The highest BCUT2D eigenvalue weighted by Crippen LogP contribution is 2.30. The molecule has 30 heavy (non-hydrogen) atoms. The van der Waals surface area contributed by atoms with Crippen molar-refractivity contribution >= 4 is 40.1 Å². The molecule has 4 N–H and O–H groups in total. The van der Waals surface area contributed by atoms with Gasteiger partial charge in [0.25, 0.3) is 5.91 Å². The van der Waals surface area contributed by atoms with E-state index in [-0.39, 0.29) is 34.3 Å². The number of anilines is 2. The van der Waals surface area contributed by atoms with Crippen molar-refractivity contribution in [2.75, 3.05) is 10.6 Å². The molecule has 0 aliphatic heterocycles. The number of aromatic carboxylic acids is 1. The van der Waals surface area contributed by atoms with Gasteiger partial charge in [-0.1, -0.05) is 18.6 Å². The van der Waals surface area contributed by atoms with E-state index < -0.39 is 11.9 Å². The molecule has 0 saturated heterocycles. The third-order valence-corrected chi connectivity index (χ3v) is 5.26. The Morgan fingerprint density at radius 3 is 2.53 bits per heavy atom. The maximum absolute atomic E-state index is 12.7. The maximum atomic E-state index is 12.7. The number of benzene rings is 2. The molecule has 150 valence electrons. The van der Waals surface area contributed by atoms with Gasteiger partial charge in [-0.2, -0.15) is 5.26 Å². The van der Waals surface area contributed by atoms with Crippen LogP contribution in [0, 0.1) is 17.2 Å². The van der Waals surface area contributed by atoms with Gasteiger partial charge in [-0.25, -0.2) is 4.79 Å². The molecule has 1 aliphatic rings. The molecular formula is C22H18N4O4. The average Bonchev–Trinajstić information content (AvgIpc) is 3.12. The number of nitriles is 1. The van der Waals surface area contributed by atoms with Crippen LogP contribution in [0.5, 0.6) is 0 Å². The lowest BCUT2D eigenvalue weighted by atomic mass is 9.85. The van der Waals surface area contributed by atoms with Crippen LogP contribution in [0.3, 0.4) is 0 Å². The van der Waals surface area contributed by atoms with Gasteiger partial charge >= 0.3 is 5.97 Å². The minimum atomic E-state index is -1.25. The molecular weight excluding hydrogens is 384 g/mol. The Kier molecular flexibility index (Phi) is 4.94. The first-order valence-electron chi connectivity index (χ1n) is 9.47. The summed E-state index contributed by atoms with van der Waals surface area (Å²) in [5.74, 6) is -1.78. The van der Waals surface area contributed by atoms with Crippen LogP contribution in [0.15, 0.2) is 42.5 Å². The van der Waals surface area contributed by atoms with Crippen molar-refractivity contribution in [3.63, 3.8) is 0 Å². The van der Waals surface area contributed by atoms with E-state index in [1.54, 1.807) is 18.2 Å². The van der Waals surface area contributed by atoms with Gasteiger partial charge in [0.1, 0.15) is 5.69 Å². The van der Waals surface area contributed by atoms with Crippen LogP contribution in [-0.4, -0.2) is 27.9 Å². The number of hydrogen-bond acceptors (Lipinski definition) is 4. The lowest BCUT2D eigenvalue weighted by molar-refractivity contribution is -0.122. The molecule has 2 aromatic carbocycles. The summed E-state index contributed by atoms with van der Waals surface area (Å²) >= 11 is 0. The number of carbonyl (C=O) groups is 3. The summed E-state index contributed by atoms with van der Waals surface area (Å²) in [6.45, 7) is 0. The van der Waals surface area contributed by atoms with Gasteiger partial charge in [-0.3, -0.25) is 9.59 Å². The number of carboxylic acid groups (broad SMARTS) is 1. The fourth-order valence-electron chi connectivity index (χ4n) is 3.38. The molecule has 1 aromatic heterocycles. The monoisotopic (exact) mass is 402 g/mol. The third-order valence-electron chi connectivity index (χ3n) is 5.26. The second-order valence-corrected chi connectivity index (χ2v) is 7.20. The standard InChI is InChI=1S/C22H18N4O4/c23-11-12-7-8-16(15(9-12)22(29)30)25-21(28)18-10-14-5-2-6-17(19(14)24-18)26-20(27)13-3-1-4-13/h2,5-10,13,24H,1,3-4H2,(H,25,28)(H,26,27)(H,29,30). The van der Waals surface area contributed by atoms with Crippen LogP contribution in [0.25, 0.3) is 10.9 Å². The normalized spacial score (nSPS) is 13.3. The predicted octanol–water partition coefficient (Wildman–Crippen LogP) is 3.73. The minimum Gasteiger partial charge on any atom is -0.478 e. The van der Waals surface area contributed by atoms with E-state index in [0.29, 0.717) is 11.2 Å². The summed E-state index contributed by atoms with van der Waals surface area (Å²) in [5.41, 5.74) is 1.52. The predicted molar refractivity (Wildman–Crippen MR) is 110 cm³/mol. The number of nitrogens with one attached hydrogen (secondary N) is 3. The number of nitrogens with zero attached hydrogens (tertiary/aromatic N) is 1. The Morgan fingerprint density at radius 1 is 1.07 bits per heavy atom. The van der Waals surface area contributed by atoms with Crippen molar-refractivity contribution in [2.45, 2.75) is 19.3 Å². The van der Waals surface area contributed by atoms with Crippen molar-refractivity contribution in [1.82, 2.24) is 4.98 Å². The van der Waals surface area contributed by atoms with Crippen molar-refractivity contribution in [1.29, 1.82) is 5.26 Å². The molecule has 2 amide bonds. The van der Waals surface area contributed by atoms with E-state index in [9.17, 15) is 19.5 Å². The van der Waals surface area contributed by atoms with Gasteiger partial charge < -0.3 is 20.7 Å². The number of fused-ring (bicyclic) bond motifs is 1. The number of hydrogen-bond donors (Lipinski definition) is 4. The molecule has 1 heterocycles. The van der Waals surface area contributed by atoms with Crippen LogP contribution in [0.4, 0.5) is 11.4 Å². The summed E-state index contributed by atoms with van der Waals surface area (Å²) in [7, 11) is 0. The van der Waals surface area contributed by atoms with Crippen molar-refractivity contribution < 1.29 is 19.5 Å². The zero-order chi connectivity index (χ0) is 21.3. The molecule has 0 radical (unpaired) electrons. The molecule has 1 fully saturated rings. The Labute approximate surface area is 171 Å². The Balaban J connectivity index is 1.60. The second kappa shape index (κ2) is 7.72. The average molecular weight is 402 g/mol. The minimum absolute atomic E-state index is 0.0296. The third kappa shape index (κ3) is 3.61. The van der Waals surface area contributed by atoms with E-state index >= 15 is 0 Å². The lowest BCUT2D eigenvalue weighted by Gasteiger charge is -2.24. The highest BCUT2D eigenvalue weighted by molar-refractivity contribution is 6.10. The summed E-state index contributed by atoms with van der Waals surface area (Å²) in [6.07, 6.45) is 2.83. The zero-order valence-electron chi connectivity index (χ0n) is 15.9. The molecule has 8 heteroatoms. The number of amides is 2. The number of carboxylic acids is 1. The van der Waals surface area contributed by atoms with Crippen LogP contribution < -0.4 is 10.6 Å². The molecule has 1 aliphatic carbocycles. The number of aromatic amines is 1. The SMILES string of the molecule is N#Cc1ccc(NC(=O)c2cc3cccc(NC(=O)C4CCC4)c3[nH]2)c(C(=O)O)c1. The van der Waals surface area contributed by atoms with Gasteiger partial charge in [0, 0.05) is 11.3 Å². The largest absolute Gasteiger partial charge is 0.478 e. The van der Waals surface area contributed by atoms with E-state index in [1.165, 1.54) is 18.2 Å². The summed E-state index contributed by atoms with van der Waals surface area (Å²) in [5, 5.41) is 24.5. The number of aromatic nitrogens is 1. The van der Waals surface area contributed by atoms with Gasteiger partial charge in [-0.05, 0) is 43.2 Å². The smallest absolute Gasteiger partial charge is 0.337 e. The van der Waals surface area contributed by atoms with Gasteiger partial charge in [0.05, 0.1) is 34.1 Å². The number of rotatable bonds is 5. The summed E-state index contributed by atoms with van der Waals surface area (Å²) in [4.78, 5) is 39.5. The molecule has 1 saturated carbocycles. The van der Waals surface area contributed by atoms with E-state index in [1.807, 2.05) is 12.1 Å². The van der Waals surface area contributed by atoms with E-state index in [4.69, 9.17) is 5.26 Å². The molecule has 0 atom stereocenters. The first-order chi connectivity index (χ1) is 14.5. The fraction of sp³-hybridized carbons (Fsp3) is 0.182. The van der Waals surface area contributed by atoms with Crippen LogP contribution in [0.1, 0.15) is 45.7 Å². The maximum Gasteiger partial charge on any atom is 0.337 e. The van der Waals surface area contributed by atoms with Crippen molar-refractivity contribution in [3.05, 3.63) is 59.3 Å². The molecule has 0 spiro atoms. The van der Waals surface area contributed by atoms with Gasteiger partial charge in [0.2, 0.25) is 5.91 Å². The second-order valence-electron chi connectivity index (χ2n) is 7.20. The quantitative estimate of drug-likeness (QED) is 0.516. The highest BCUT2D eigenvalue weighted by atomic mass is 16.4. The lowest BCUT2D eigenvalue weighted by Crippen LogP contribution is -2.28. The van der Waals surface area contributed by atoms with E-state index in [2.05, 4.69) is 15.6 Å². The van der Waals surface area contributed by atoms with E-state index in [0.717, 1.165) is 24.6 Å². The van der Waals surface area contributed by atoms with Crippen LogP contribution >= 0.6 is 0 Å². The summed E-state index contributed by atoms with van der Waals surface area (Å²) in [6, 6.07) is 12.9. The summed E-state index contributed by atoms with van der Waals surface area (Å²) < 4.78 is 0. The Hall–Kier alpha value is -4.12. The van der Waals surface area contributed by atoms with Crippen molar-refractivity contribution in [2.24, 2.45) is 5.92 Å². The van der Waals surface area contributed by atoms with Crippen LogP contribution in [-0.2, 0) is 4.79 Å². The first-order valence-corrected chi connectivity index (χ1v) is 9.47. The number of para-hydroxylation sites is 1. The first kappa shape index (κ1) is 19.2. The highest BCUT2D eigenvalue weighted by Gasteiger charge is 2.26. The van der Waals surface area contributed by atoms with Gasteiger partial charge in [-0.15, -0.1) is 0 Å². The van der Waals surface area contributed by atoms with Crippen molar-refractivity contribution in [3.8, 4) is 6.07 Å². The van der Waals surface area contributed by atoms with Gasteiger partial charge in [0.15, 0.2) is 0 Å². The molecule has 0 unspecified atom stereocenters. The number of H-pyrrole nitrogens is 1. The molecule has 3 aromatic rings. The topological polar surface area (TPSA) is 135 Å². The number of carbonyl (C=O) groups excluding carboxylic acids is 2. The molecule has 0 bridgehead atoms. The molecule has 4 rings (SSSR count).